The number of halogens is 1. The van der Waals surface area contributed by atoms with Crippen LogP contribution in [0.5, 0.6) is 0 Å². The number of fused-ring (bicyclic) bond motifs is 1. The standard InChI is InChI=1S/C17H22ClN3O2S/c1-23-9-8-21-15-7-6-12(18)10-14(15)20-17(21)24-11-16(22)19-13-4-2-3-5-13/h6-7,10,13H,2-5,8-9,11H2,1H3,(H,19,22). The number of hydrogen-bond acceptors (Lipinski definition) is 4. The maximum absolute atomic E-state index is 12.2. The summed E-state index contributed by atoms with van der Waals surface area (Å²) in [5.74, 6) is 0.454. The molecule has 0 radical (unpaired) electrons. The molecule has 1 N–H and O–H groups in total. The highest BCUT2D eigenvalue weighted by molar-refractivity contribution is 7.99. The van der Waals surface area contributed by atoms with Crippen molar-refractivity contribution in [2.24, 2.45) is 0 Å². The summed E-state index contributed by atoms with van der Waals surface area (Å²) in [6, 6.07) is 6.02. The van der Waals surface area contributed by atoms with E-state index in [1.807, 2.05) is 18.2 Å². The molecule has 0 unspecified atom stereocenters. The zero-order valence-corrected chi connectivity index (χ0v) is 15.3. The van der Waals surface area contributed by atoms with Gasteiger partial charge in [-0.1, -0.05) is 36.2 Å². The molecule has 7 heteroatoms. The van der Waals surface area contributed by atoms with Crippen molar-refractivity contribution in [3.8, 4) is 0 Å². The summed E-state index contributed by atoms with van der Waals surface area (Å²) >= 11 is 7.52. The van der Waals surface area contributed by atoms with Crippen LogP contribution in [0, 0.1) is 0 Å². The van der Waals surface area contributed by atoms with E-state index in [1.165, 1.54) is 24.6 Å². The zero-order valence-electron chi connectivity index (χ0n) is 13.8. The van der Waals surface area contributed by atoms with Gasteiger partial charge in [-0.15, -0.1) is 0 Å². The second-order valence-electron chi connectivity index (χ2n) is 6.01. The highest BCUT2D eigenvalue weighted by Gasteiger charge is 2.18. The number of aromatic nitrogens is 2. The minimum absolute atomic E-state index is 0.0790. The molecule has 24 heavy (non-hydrogen) atoms. The third kappa shape index (κ3) is 4.23. The minimum atomic E-state index is 0.0790. The molecule has 130 valence electrons. The van der Waals surface area contributed by atoms with Crippen LogP contribution in [-0.4, -0.2) is 41.0 Å². The van der Waals surface area contributed by atoms with Crippen molar-refractivity contribution in [2.75, 3.05) is 19.5 Å². The summed E-state index contributed by atoms with van der Waals surface area (Å²) in [6.45, 7) is 1.29. The number of imidazole rings is 1. The molecule has 1 fully saturated rings. The molecule has 1 aromatic carbocycles. The number of thioether (sulfide) groups is 1. The van der Waals surface area contributed by atoms with Crippen LogP contribution in [0.1, 0.15) is 25.7 Å². The Kier molecular flexibility index (Phi) is 6.03. The summed E-state index contributed by atoms with van der Waals surface area (Å²) in [6.07, 6.45) is 4.62. The quantitative estimate of drug-likeness (QED) is 0.761. The lowest BCUT2D eigenvalue weighted by Crippen LogP contribution is -2.33. The largest absolute Gasteiger partial charge is 0.383 e. The summed E-state index contributed by atoms with van der Waals surface area (Å²) in [7, 11) is 1.68. The first-order valence-electron chi connectivity index (χ1n) is 8.24. The topological polar surface area (TPSA) is 56.1 Å². The number of rotatable bonds is 7. The normalized spacial score (nSPS) is 15.2. The maximum Gasteiger partial charge on any atom is 0.230 e. The smallest absolute Gasteiger partial charge is 0.230 e. The monoisotopic (exact) mass is 367 g/mol. The molecule has 0 aliphatic heterocycles. The molecule has 1 heterocycles. The summed E-state index contributed by atoms with van der Waals surface area (Å²) < 4.78 is 7.28. The molecule has 3 rings (SSSR count). The maximum atomic E-state index is 12.2. The number of benzene rings is 1. The van der Waals surface area contributed by atoms with E-state index in [2.05, 4.69) is 14.9 Å². The van der Waals surface area contributed by atoms with Gasteiger partial charge in [-0.3, -0.25) is 4.79 Å². The van der Waals surface area contributed by atoms with Crippen molar-refractivity contribution in [1.82, 2.24) is 14.9 Å². The second-order valence-corrected chi connectivity index (χ2v) is 7.39. The molecule has 1 saturated carbocycles. The van der Waals surface area contributed by atoms with Crippen LogP contribution in [0.4, 0.5) is 0 Å². The van der Waals surface area contributed by atoms with Gasteiger partial charge >= 0.3 is 0 Å². The van der Waals surface area contributed by atoms with Gasteiger partial charge in [-0.25, -0.2) is 4.98 Å². The molecular weight excluding hydrogens is 346 g/mol. The van der Waals surface area contributed by atoms with Crippen molar-refractivity contribution in [3.63, 3.8) is 0 Å². The van der Waals surface area contributed by atoms with E-state index < -0.39 is 0 Å². The molecule has 1 amide bonds. The van der Waals surface area contributed by atoms with Crippen LogP contribution in [0.25, 0.3) is 11.0 Å². The average molecular weight is 368 g/mol. The Balaban J connectivity index is 1.71. The Bertz CT molecular complexity index is 713. The highest BCUT2D eigenvalue weighted by atomic mass is 35.5. The number of hydrogen-bond donors (Lipinski definition) is 1. The Hall–Kier alpha value is -1.24. The lowest BCUT2D eigenvalue weighted by molar-refractivity contribution is -0.119. The summed E-state index contributed by atoms with van der Waals surface area (Å²) in [4.78, 5) is 16.8. The molecule has 2 aromatic rings. The summed E-state index contributed by atoms with van der Waals surface area (Å²) in [5, 5.41) is 4.60. The van der Waals surface area contributed by atoms with Crippen LogP contribution >= 0.6 is 23.4 Å². The van der Waals surface area contributed by atoms with E-state index in [4.69, 9.17) is 16.3 Å². The molecule has 1 aliphatic rings. The first-order chi connectivity index (χ1) is 11.7. The van der Waals surface area contributed by atoms with Gasteiger partial charge in [0.15, 0.2) is 5.16 Å². The lowest BCUT2D eigenvalue weighted by Gasteiger charge is -2.12. The first-order valence-corrected chi connectivity index (χ1v) is 9.60. The van der Waals surface area contributed by atoms with E-state index in [1.54, 1.807) is 7.11 Å². The number of methoxy groups -OCH3 is 1. The fourth-order valence-electron chi connectivity index (χ4n) is 3.06. The van der Waals surface area contributed by atoms with E-state index in [0.717, 1.165) is 29.0 Å². The Labute approximate surface area is 151 Å². The Morgan fingerprint density at radius 3 is 3.00 bits per heavy atom. The van der Waals surface area contributed by atoms with Crippen LogP contribution in [0.2, 0.25) is 5.02 Å². The minimum Gasteiger partial charge on any atom is -0.383 e. The SMILES string of the molecule is COCCn1c(SCC(=O)NC2CCCC2)nc2cc(Cl)ccc21. The van der Waals surface area contributed by atoms with Crippen LogP contribution in [-0.2, 0) is 16.1 Å². The number of carbonyl (C=O) groups is 1. The van der Waals surface area contributed by atoms with E-state index in [-0.39, 0.29) is 5.91 Å². The van der Waals surface area contributed by atoms with E-state index >= 15 is 0 Å². The highest BCUT2D eigenvalue weighted by Crippen LogP contribution is 2.26. The van der Waals surface area contributed by atoms with Crippen molar-refractivity contribution in [2.45, 2.75) is 43.4 Å². The number of ether oxygens (including phenoxy) is 1. The number of nitrogens with zero attached hydrogens (tertiary/aromatic N) is 2. The van der Waals surface area contributed by atoms with Crippen molar-refractivity contribution >= 4 is 40.3 Å². The van der Waals surface area contributed by atoms with Gasteiger partial charge in [0, 0.05) is 24.7 Å². The van der Waals surface area contributed by atoms with Gasteiger partial charge in [0.2, 0.25) is 5.91 Å². The fourth-order valence-corrected chi connectivity index (χ4v) is 4.08. The molecule has 0 atom stereocenters. The predicted octanol–water partition coefficient (Wildman–Crippen LogP) is 3.49. The predicted molar refractivity (Wildman–Crippen MR) is 97.7 cm³/mol. The molecule has 0 saturated heterocycles. The number of nitrogens with one attached hydrogen (secondary N) is 1. The zero-order chi connectivity index (χ0) is 16.9. The van der Waals surface area contributed by atoms with Gasteiger partial charge < -0.3 is 14.6 Å². The van der Waals surface area contributed by atoms with E-state index in [9.17, 15) is 4.79 Å². The second kappa shape index (κ2) is 8.23. The molecule has 0 bridgehead atoms. The third-order valence-electron chi connectivity index (χ3n) is 4.25. The van der Waals surface area contributed by atoms with Crippen LogP contribution < -0.4 is 5.32 Å². The molecule has 1 aliphatic carbocycles. The van der Waals surface area contributed by atoms with Crippen molar-refractivity contribution in [1.29, 1.82) is 0 Å². The Morgan fingerprint density at radius 1 is 1.46 bits per heavy atom. The van der Waals surface area contributed by atoms with Crippen molar-refractivity contribution in [3.05, 3.63) is 23.2 Å². The molecule has 1 aromatic heterocycles. The lowest BCUT2D eigenvalue weighted by atomic mass is 10.2. The van der Waals surface area contributed by atoms with E-state index in [0.29, 0.717) is 30.0 Å². The van der Waals surface area contributed by atoms with Gasteiger partial charge in [-0.05, 0) is 31.0 Å². The Morgan fingerprint density at radius 2 is 2.25 bits per heavy atom. The third-order valence-corrected chi connectivity index (χ3v) is 5.46. The number of amides is 1. The number of carbonyl (C=O) groups excluding carboxylic acids is 1. The molecular formula is C17H22ClN3O2S. The van der Waals surface area contributed by atoms with Gasteiger partial charge in [0.25, 0.3) is 0 Å². The van der Waals surface area contributed by atoms with Crippen molar-refractivity contribution < 1.29 is 9.53 Å². The van der Waals surface area contributed by atoms with Gasteiger partial charge in [-0.2, -0.15) is 0 Å². The fraction of sp³-hybridized carbons (Fsp3) is 0.529. The first kappa shape index (κ1) is 17.6. The van der Waals surface area contributed by atoms with Crippen LogP contribution in [0.3, 0.4) is 0 Å². The summed E-state index contributed by atoms with van der Waals surface area (Å²) in [5.41, 5.74) is 1.85. The van der Waals surface area contributed by atoms with Gasteiger partial charge in [0.05, 0.1) is 23.4 Å². The average Bonchev–Trinajstić information content (AvgIpc) is 3.18. The molecule has 5 nitrogen and oxygen atoms in total. The molecule has 0 spiro atoms. The van der Waals surface area contributed by atoms with Crippen LogP contribution in [0.15, 0.2) is 23.4 Å². The van der Waals surface area contributed by atoms with Gasteiger partial charge in [0.1, 0.15) is 0 Å².